The number of rotatable bonds is 5. The van der Waals surface area contributed by atoms with Gasteiger partial charge >= 0.3 is 0 Å². The second-order valence-electron chi connectivity index (χ2n) is 4.52. The average molecular weight is 306 g/mol. The number of hydrogen-bond donors (Lipinski definition) is 2. The van der Waals surface area contributed by atoms with Crippen LogP contribution in [-0.4, -0.2) is 18.1 Å². The van der Waals surface area contributed by atoms with Crippen molar-refractivity contribution in [3.8, 4) is 11.5 Å². The molecule has 0 aromatic heterocycles. The molecule has 2 aromatic carbocycles. The summed E-state index contributed by atoms with van der Waals surface area (Å²) in [6, 6.07) is 12.1. The zero-order valence-electron chi connectivity index (χ0n) is 11.6. The van der Waals surface area contributed by atoms with Gasteiger partial charge in [-0.3, -0.25) is 4.79 Å². The number of halogens is 1. The number of anilines is 1. The normalized spacial score (nSPS) is 10.2. The fourth-order valence-electron chi connectivity index (χ4n) is 1.98. The fourth-order valence-corrected chi connectivity index (χ4v) is 2.15. The molecule has 0 saturated carbocycles. The molecule has 0 saturated heterocycles. The third-order valence-electron chi connectivity index (χ3n) is 3.05. The van der Waals surface area contributed by atoms with Crippen LogP contribution in [0.4, 0.5) is 5.69 Å². The molecule has 0 aliphatic heterocycles. The minimum absolute atomic E-state index is 0.00922. The van der Waals surface area contributed by atoms with Crippen molar-refractivity contribution in [2.75, 3.05) is 12.4 Å². The molecule has 0 atom stereocenters. The van der Waals surface area contributed by atoms with Crippen molar-refractivity contribution in [3.63, 3.8) is 0 Å². The highest BCUT2D eigenvalue weighted by Crippen LogP contribution is 2.27. The highest BCUT2D eigenvalue weighted by atomic mass is 35.5. The van der Waals surface area contributed by atoms with Crippen LogP contribution < -0.4 is 10.1 Å². The first-order valence-corrected chi connectivity index (χ1v) is 6.88. The number of methoxy groups -OCH3 is 1. The molecule has 110 valence electrons. The predicted molar refractivity (Wildman–Crippen MR) is 83.1 cm³/mol. The summed E-state index contributed by atoms with van der Waals surface area (Å²) in [6.45, 7) is 0. The van der Waals surface area contributed by atoms with E-state index in [-0.39, 0.29) is 18.1 Å². The molecule has 0 aliphatic rings. The van der Waals surface area contributed by atoms with Crippen LogP contribution in [0.3, 0.4) is 0 Å². The number of phenolic OH excluding ortho intramolecular Hbond substituents is 1. The van der Waals surface area contributed by atoms with E-state index in [2.05, 4.69) is 5.32 Å². The lowest BCUT2D eigenvalue weighted by Gasteiger charge is -2.09. The summed E-state index contributed by atoms with van der Waals surface area (Å²) in [6.07, 6.45) is 0.837. The van der Waals surface area contributed by atoms with Crippen LogP contribution in [0, 0.1) is 0 Å². The maximum Gasteiger partial charge on any atom is 0.224 e. The summed E-state index contributed by atoms with van der Waals surface area (Å²) >= 11 is 5.83. The minimum Gasteiger partial charge on any atom is -0.506 e. The van der Waals surface area contributed by atoms with Crippen LogP contribution in [0.1, 0.15) is 12.0 Å². The number of para-hydroxylation sites is 1. The van der Waals surface area contributed by atoms with Gasteiger partial charge in [-0.2, -0.15) is 0 Å². The molecular weight excluding hydrogens is 290 g/mol. The molecule has 2 N–H and O–H groups in total. The Labute approximate surface area is 128 Å². The van der Waals surface area contributed by atoms with Crippen LogP contribution in [0.15, 0.2) is 42.5 Å². The number of nitrogens with one attached hydrogen (secondary N) is 1. The molecule has 0 bridgehead atoms. The van der Waals surface area contributed by atoms with Crippen LogP contribution in [0.25, 0.3) is 0 Å². The number of aryl methyl sites for hydroxylation is 1. The van der Waals surface area contributed by atoms with E-state index in [1.165, 1.54) is 12.1 Å². The first-order valence-electron chi connectivity index (χ1n) is 6.50. The van der Waals surface area contributed by atoms with Gasteiger partial charge in [0.2, 0.25) is 5.91 Å². The lowest BCUT2D eigenvalue weighted by molar-refractivity contribution is -0.116. The summed E-state index contributed by atoms with van der Waals surface area (Å²) in [5.74, 6) is 0.555. The van der Waals surface area contributed by atoms with Gasteiger partial charge < -0.3 is 15.2 Å². The Kier molecular flexibility index (Phi) is 5.06. The van der Waals surface area contributed by atoms with Crippen molar-refractivity contribution in [2.45, 2.75) is 12.8 Å². The molecule has 0 heterocycles. The quantitative estimate of drug-likeness (QED) is 0.829. The van der Waals surface area contributed by atoms with Crippen molar-refractivity contribution in [1.29, 1.82) is 0 Å². The molecule has 1 amide bonds. The Hall–Kier alpha value is -2.20. The molecule has 4 nitrogen and oxygen atoms in total. The molecule has 0 radical (unpaired) electrons. The Balaban J connectivity index is 1.97. The number of carbonyl (C=O) groups is 1. The largest absolute Gasteiger partial charge is 0.506 e. The highest BCUT2D eigenvalue weighted by Gasteiger charge is 2.09. The number of hydrogen-bond acceptors (Lipinski definition) is 3. The number of carbonyl (C=O) groups excluding carboxylic acids is 1. The average Bonchev–Trinajstić information content (AvgIpc) is 2.49. The third-order valence-corrected chi connectivity index (χ3v) is 3.28. The molecule has 0 unspecified atom stereocenters. The van der Waals surface area contributed by atoms with Gasteiger partial charge in [-0.1, -0.05) is 29.8 Å². The highest BCUT2D eigenvalue weighted by molar-refractivity contribution is 6.31. The molecular formula is C16H16ClNO3. The van der Waals surface area contributed by atoms with E-state index < -0.39 is 0 Å². The molecule has 0 aliphatic carbocycles. The molecule has 21 heavy (non-hydrogen) atoms. The second kappa shape index (κ2) is 6.99. The zero-order valence-corrected chi connectivity index (χ0v) is 12.4. The van der Waals surface area contributed by atoms with Crippen LogP contribution in [-0.2, 0) is 11.2 Å². The summed E-state index contributed by atoms with van der Waals surface area (Å²) in [4.78, 5) is 11.9. The Morgan fingerprint density at radius 2 is 2.05 bits per heavy atom. The molecule has 2 aromatic rings. The molecule has 0 spiro atoms. The molecule has 2 rings (SSSR count). The van der Waals surface area contributed by atoms with Gasteiger partial charge in [0.1, 0.15) is 11.5 Å². The smallest absolute Gasteiger partial charge is 0.224 e. The van der Waals surface area contributed by atoms with Crippen LogP contribution in [0.2, 0.25) is 5.02 Å². The van der Waals surface area contributed by atoms with Crippen molar-refractivity contribution in [2.24, 2.45) is 0 Å². The van der Waals surface area contributed by atoms with E-state index >= 15 is 0 Å². The van der Waals surface area contributed by atoms with Gasteiger partial charge in [0.05, 0.1) is 12.8 Å². The van der Waals surface area contributed by atoms with Gasteiger partial charge in [0, 0.05) is 11.4 Å². The summed E-state index contributed by atoms with van der Waals surface area (Å²) in [5.41, 5.74) is 1.28. The Bertz CT molecular complexity index is 643. The number of benzene rings is 2. The first kappa shape index (κ1) is 15.2. The SMILES string of the molecule is COc1ccccc1CCC(=O)Nc1cc(Cl)ccc1O. The number of aromatic hydroxyl groups is 1. The van der Waals surface area contributed by atoms with Crippen molar-refractivity contribution in [3.05, 3.63) is 53.1 Å². The van der Waals surface area contributed by atoms with E-state index in [1.807, 2.05) is 24.3 Å². The van der Waals surface area contributed by atoms with Gasteiger partial charge in [0.25, 0.3) is 0 Å². The maximum atomic E-state index is 11.9. The van der Waals surface area contributed by atoms with E-state index in [0.717, 1.165) is 11.3 Å². The van der Waals surface area contributed by atoms with Crippen LogP contribution >= 0.6 is 11.6 Å². The van der Waals surface area contributed by atoms with Gasteiger partial charge in [-0.05, 0) is 36.2 Å². The summed E-state index contributed by atoms with van der Waals surface area (Å²) in [7, 11) is 1.60. The number of phenols is 1. The van der Waals surface area contributed by atoms with Crippen molar-refractivity contribution >= 4 is 23.2 Å². The lowest BCUT2D eigenvalue weighted by Crippen LogP contribution is -2.12. The predicted octanol–water partition coefficient (Wildman–Crippen LogP) is 3.63. The van der Waals surface area contributed by atoms with E-state index in [9.17, 15) is 9.90 Å². The van der Waals surface area contributed by atoms with Gasteiger partial charge in [0.15, 0.2) is 0 Å². The van der Waals surface area contributed by atoms with Crippen molar-refractivity contribution in [1.82, 2.24) is 0 Å². The zero-order chi connectivity index (χ0) is 15.2. The summed E-state index contributed by atoms with van der Waals surface area (Å²) < 4.78 is 5.24. The van der Waals surface area contributed by atoms with Crippen LogP contribution in [0.5, 0.6) is 11.5 Å². The van der Waals surface area contributed by atoms with E-state index in [4.69, 9.17) is 16.3 Å². The number of ether oxygens (including phenoxy) is 1. The van der Waals surface area contributed by atoms with Gasteiger partial charge in [-0.25, -0.2) is 0 Å². The first-order chi connectivity index (χ1) is 10.1. The molecule has 0 fully saturated rings. The lowest BCUT2D eigenvalue weighted by atomic mass is 10.1. The topological polar surface area (TPSA) is 58.6 Å². The standard InChI is InChI=1S/C16H16ClNO3/c1-21-15-5-3-2-4-11(15)6-9-16(20)18-13-10-12(17)7-8-14(13)19/h2-5,7-8,10,19H,6,9H2,1H3,(H,18,20). The fraction of sp³-hybridized carbons (Fsp3) is 0.188. The third kappa shape index (κ3) is 4.13. The van der Waals surface area contributed by atoms with E-state index in [1.54, 1.807) is 13.2 Å². The van der Waals surface area contributed by atoms with Crippen molar-refractivity contribution < 1.29 is 14.6 Å². The Morgan fingerprint density at radius 1 is 1.29 bits per heavy atom. The van der Waals surface area contributed by atoms with E-state index in [0.29, 0.717) is 17.1 Å². The summed E-state index contributed by atoms with van der Waals surface area (Å²) in [5, 5.41) is 12.8. The number of amides is 1. The molecule has 5 heteroatoms. The Morgan fingerprint density at radius 3 is 2.81 bits per heavy atom. The van der Waals surface area contributed by atoms with Gasteiger partial charge in [-0.15, -0.1) is 0 Å². The monoisotopic (exact) mass is 305 g/mol. The minimum atomic E-state index is -0.196. The maximum absolute atomic E-state index is 11.9. The second-order valence-corrected chi connectivity index (χ2v) is 4.96.